The van der Waals surface area contributed by atoms with Crippen molar-refractivity contribution in [2.45, 2.75) is 59.0 Å². The maximum Gasteiger partial charge on any atom is 0.0642 e. The van der Waals surface area contributed by atoms with Crippen LogP contribution in [0.4, 0.5) is 5.69 Å². The van der Waals surface area contributed by atoms with Crippen molar-refractivity contribution in [2.24, 2.45) is 11.7 Å². The van der Waals surface area contributed by atoms with Gasteiger partial charge in [-0.05, 0) is 43.7 Å². The Labute approximate surface area is 129 Å². The second kappa shape index (κ2) is 7.90. The van der Waals surface area contributed by atoms with Crippen molar-refractivity contribution in [3.05, 3.63) is 28.8 Å². The lowest BCUT2D eigenvalue weighted by atomic mass is 9.99. The molecule has 0 saturated heterocycles. The standard InChI is InChI=1S/C17H29ClN2/c1-6-15(19)11-14-8-7-9-16(18)17(14)20(5)13(4)10-12(2)3/h7-9,12-13,15H,6,10-11,19H2,1-5H3. The van der Waals surface area contributed by atoms with Gasteiger partial charge in [0.15, 0.2) is 0 Å². The molecule has 0 heterocycles. The summed E-state index contributed by atoms with van der Waals surface area (Å²) in [5.74, 6) is 0.677. The fourth-order valence-electron chi connectivity index (χ4n) is 2.61. The minimum Gasteiger partial charge on any atom is -0.370 e. The minimum absolute atomic E-state index is 0.195. The van der Waals surface area contributed by atoms with Crippen molar-refractivity contribution in [3.8, 4) is 0 Å². The van der Waals surface area contributed by atoms with E-state index in [1.54, 1.807) is 0 Å². The van der Waals surface area contributed by atoms with Crippen LogP contribution in [0.3, 0.4) is 0 Å². The third kappa shape index (κ3) is 4.68. The highest BCUT2D eigenvalue weighted by Gasteiger charge is 2.18. The van der Waals surface area contributed by atoms with E-state index in [0.29, 0.717) is 12.0 Å². The summed E-state index contributed by atoms with van der Waals surface area (Å²) in [6.07, 6.45) is 3.02. The second-order valence-corrected chi connectivity index (χ2v) is 6.62. The average molecular weight is 297 g/mol. The van der Waals surface area contributed by atoms with E-state index in [4.69, 9.17) is 17.3 Å². The van der Waals surface area contributed by atoms with Crippen molar-refractivity contribution in [1.82, 2.24) is 0 Å². The molecule has 2 N–H and O–H groups in total. The molecule has 0 radical (unpaired) electrons. The van der Waals surface area contributed by atoms with Gasteiger partial charge in [-0.3, -0.25) is 0 Å². The molecule has 1 rings (SSSR count). The van der Waals surface area contributed by atoms with E-state index in [1.807, 2.05) is 12.1 Å². The number of anilines is 1. The summed E-state index contributed by atoms with van der Waals surface area (Å²) in [6, 6.07) is 6.79. The maximum absolute atomic E-state index is 6.45. The Morgan fingerprint density at radius 1 is 1.25 bits per heavy atom. The smallest absolute Gasteiger partial charge is 0.0642 e. The first-order valence-corrected chi connectivity index (χ1v) is 8.00. The number of hydrogen-bond acceptors (Lipinski definition) is 2. The SMILES string of the molecule is CCC(N)Cc1cccc(Cl)c1N(C)C(C)CC(C)C. The lowest BCUT2D eigenvalue weighted by Gasteiger charge is -2.31. The molecule has 114 valence electrons. The summed E-state index contributed by atoms with van der Waals surface area (Å²) in [5, 5.41) is 0.823. The molecule has 0 aliphatic rings. The van der Waals surface area contributed by atoms with Crippen LogP contribution in [0.25, 0.3) is 0 Å². The molecule has 0 bridgehead atoms. The number of hydrogen-bond donors (Lipinski definition) is 1. The summed E-state index contributed by atoms with van der Waals surface area (Å²) in [7, 11) is 2.13. The molecule has 1 aromatic rings. The van der Waals surface area contributed by atoms with E-state index in [0.717, 1.165) is 30.0 Å². The van der Waals surface area contributed by atoms with Crippen LogP contribution in [0.2, 0.25) is 5.02 Å². The van der Waals surface area contributed by atoms with E-state index in [2.05, 4.69) is 45.7 Å². The van der Waals surface area contributed by atoms with Gasteiger partial charge in [-0.2, -0.15) is 0 Å². The van der Waals surface area contributed by atoms with E-state index in [9.17, 15) is 0 Å². The van der Waals surface area contributed by atoms with Gasteiger partial charge >= 0.3 is 0 Å². The summed E-state index contributed by atoms with van der Waals surface area (Å²) in [5.41, 5.74) is 8.52. The maximum atomic E-state index is 6.45. The van der Waals surface area contributed by atoms with Gasteiger partial charge < -0.3 is 10.6 Å². The Bertz CT molecular complexity index is 417. The number of nitrogens with two attached hydrogens (primary N) is 1. The van der Waals surface area contributed by atoms with Crippen LogP contribution in [0.5, 0.6) is 0 Å². The van der Waals surface area contributed by atoms with E-state index in [1.165, 1.54) is 5.56 Å². The quantitative estimate of drug-likeness (QED) is 0.803. The molecule has 0 amide bonds. The van der Waals surface area contributed by atoms with E-state index >= 15 is 0 Å². The lowest BCUT2D eigenvalue weighted by Crippen LogP contribution is -2.32. The lowest BCUT2D eigenvalue weighted by molar-refractivity contribution is 0.503. The molecule has 2 unspecified atom stereocenters. The highest BCUT2D eigenvalue weighted by atomic mass is 35.5. The molecule has 0 aromatic heterocycles. The van der Waals surface area contributed by atoms with Crippen LogP contribution in [-0.4, -0.2) is 19.1 Å². The molecule has 20 heavy (non-hydrogen) atoms. The Morgan fingerprint density at radius 3 is 2.45 bits per heavy atom. The molecule has 0 aliphatic carbocycles. The van der Waals surface area contributed by atoms with Gasteiger partial charge in [0.2, 0.25) is 0 Å². The van der Waals surface area contributed by atoms with Crippen LogP contribution in [0.1, 0.15) is 46.1 Å². The summed E-state index contributed by atoms with van der Waals surface area (Å²) in [4.78, 5) is 2.31. The first-order chi connectivity index (χ1) is 9.36. The number of halogens is 1. The number of para-hydroxylation sites is 1. The van der Waals surface area contributed by atoms with Crippen LogP contribution in [0, 0.1) is 5.92 Å². The van der Waals surface area contributed by atoms with Gasteiger partial charge in [-0.15, -0.1) is 0 Å². The molecular weight excluding hydrogens is 268 g/mol. The third-order valence-electron chi connectivity index (χ3n) is 3.90. The highest BCUT2D eigenvalue weighted by Crippen LogP contribution is 2.32. The summed E-state index contributed by atoms with van der Waals surface area (Å²) >= 11 is 6.45. The van der Waals surface area contributed by atoms with Crippen molar-refractivity contribution < 1.29 is 0 Å². The molecule has 2 atom stereocenters. The van der Waals surface area contributed by atoms with Gasteiger partial charge in [0.25, 0.3) is 0 Å². The molecule has 0 fully saturated rings. The fraction of sp³-hybridized carbons (Fsp3) is 0.647. The second-order valence-electron chi connectivity index (χ2n) is 6.21. The largest absolute Gasteiger partial charge is 0.370 e. The third-order valence-corrected chi connectivity index (χ3v) is 4.21. The summed E-state index contributed by atoms with van der Waals surface area (Å²) in [6.45, 7) is 8.89. The Morgan fingerprint density at radius 2 is 1.90 bits per heavy atom. The molecule has 2 nitrogen and oxygen atoms in total. The topological polar surface area (TPSA) is 29.3 Å². The van der Waals surface area contributed by atoms with Gasteiger partial charge in [-0.1, -0.05) is 44.5 Å². The molecule has 3 heteroatoms. The number of nitrogens with zero attached hydrogens (tertiary/aromatic N) is 1. The Hall–Kier alpha value is -0.730. The van der Waals surface area contributed by atoms with Crippen LogP contribution < -0.4 is 10.6 Å². The Balaban J connectivity index is 3.02. The molecule has 0 saturated carbocycles. The first-order valence-electron chi connectivity index (χ1n) is 7.62. The highest BCUT2D eigenvalue weighted by molar-refractivity contribution is 6.33. The zero-order valence-electron chi connectivity index (χ0n) is 13.5. The monoisotopic (exact) mass is 296 g/mol. The predicted octanol–water partition coefficient (Wildman–Crippen LogP) is 4.49. The first kappa shape index (κ1) is 17.3. The minimum atomic E-state index is 0.195. The van der Waals surface area contributed by atoms with Crippen molar-refractivity contribution in [1.29, 1.82) is 0 Å². The van der Waals surface area contributed by atoms with E-state index < -0.39 is 0 Å². The van der Waals surface area contributed by atoms with Gasteiger partial charge in [-0.25, -0.2) is 0 Å². The van der Waals surface area contributed by atoms with Crippen molar-refractivity contribution in [2.75, 3.05) is 11.9 Å². The zero-order chi connectivity index (χ0) is 15.3. The molecule has 0 aliphatic heterocycles. The van der Waals surface area contributed by atoms with Crippen LogP contribution in [-0.2, 0) is 6.42 Å². The average Bonchev–Trinajstić information content (AvgIpc) is 2.37. The van der Waals surface area contributed by atoms with Crippen LogP contribution >= 0.6 is 11.6 Å². The zero-order valence-corrected chi connectivity index (χ0v) is 14.2. The number of benzene rings is 1. The van der Waals surface area contributed by atoms with Crippen molar-refractivity contribution in [3.63, 3.8) is 0 Å². The van der Waals surface area contributed by atoms with Crippen molar-refractivity contribution >= 4 is 17.3 Å². The molecule has 1 aromatic carbocycles. The van der Waals surface area contributed by atoms with Gasteiger partial charge in [0, 0.05) is 19.1 Å². The predicted molar refractivity (Wildman–Crippen MR) is 90.7 cm³/mol. The Kier molecular flexibility index (Phi) is 6.84. The van der Waals surface area contributed by atoms with Crippen LogP contribution in [0.15, 0.2) is 18.2 Å². The molecule has 0 spiro atoms. The number of rotatable bonds is 7. The normalized spacial score (nSPS) is 14.4. The van der Waals surface area contributed by atoms with E-state index in [-0.39, 0.29) is 6.04 Å². The molecular formula is C17H29ClN2. The van der Waals surface area contributed by atoms with Gasteiger partial charge in [0.1, 0.15) is 0 Å². The summed E-state index contributed by atoms with van der Waals surface area (Å²) < 4.78 is 0. The van der Waals surface area contributed by atoms with Gasteiger partial charge in [0.05, 0.1) is 10.7 Å². The fourth-order valence-corrected chi connectivity index (χ4v) is 2.93.